The van der Waals surface area contributed by atoms with Gasteiger partial charge < -0.3 is 20.2 Å². The van der Waals surface area contributed by atoms with Gasteiger partial charge in [-0.1, -0.05) is 6.07 Å². The number of hydrogen-bond donors (Lipinski definition) is 2. The molecule has 3 aromatic heterocycles. The number of fused-ring (bicyclic) bond motifs is 1. The van der Waals surface area contributed by atoms with Crippen LogP contribution in [0.4, 0.5) is 10.6 Å². The second-order valence-electron chi connectivity index (χ2n) is 8.47. The van der Waals surface area contributed by atoms with E-state index in [9.17, 15) is 14.7 Å². The Morgan fingerprint density at radius 3 is 2.79 bits per heavy atom. The third kappa shape index (κ3) is 4.19. The first-order valence-corrected chi connectivity index (χ1v) is 11.2. The molecule has 0 spiro atoms. The summed E-state index contributed by atoms with van der Waals surface area (Å²) in [4.78, 5) is 37.9. The van der Waals surface area contributed by atoms with Crippen molar-refractivity contribution in [1.29, 1.82) is 0 Å². The fourth-order valence-corrected chi connectivity index (χ4v) is 3.98. The van der Waals surface area contributed by atoms with Gasteiger partial charge in [0.1, 0.15) is 17.2 Å². The van der Waals surface area contributed by atoms with Crippen LogP contribution in [0.1, 0.15) is 41.0 Å². The molecule has 5 rings (SSSR count). The number of carbonyl (C=O) groups excluding carboxylic acids is 2. The number of aliphatic hydroxyl groups is 1. The molecule has 2 aliphatic heterocycles. The van der Waals surface area contributed by atoms with Crippen molar-refractivity contribution in [2.45, 2.75) is 32.4 Å². The van der Waals surface area contributed by atoms with E-state index in [4.69, 9.17) is 0 Å². The van der Waals surface area contributed by atoms with E-state index in [1.54, 1.807) is 37.4 Å². The Balaban J connectivity index is 1.31. The number of tetrazole rings is 1. The molecule has 0 unspecified atom stereocenters. The topological polar surface area (TPSA) is 142 Å². The molecule has 0 bridgehead atoms. The summed E-state index contributed by atoms with van der Waals surface area (Å²) in [5, 5.41) is 23.8. The first-order valence-electron chi connectivity index (χ1n) is 11.2. The smallest absolute Gasteiger partial charge is 0.320 e. The maximum absolute atomic E-state index is 12.9. The minimum atomic E-state index is -0.401. The summed E-state index contributed by atoms with van der Waals surface area (Å²) in [7, 11) is 0. The number of aromatic nitrogens is 6. The van der Waals surface area contributed by atoms with Crippen molar-refractivity contribution in [2.24, 2.45) is 0 Å². The minimum absolute atomic E-state index is 0.0542. The third-order valence-corrected chi connectivity index (χ3v) is 6.12. The van der Waals surface area contributed by atoms with E-state index >= 15 is 0 Å². The first-order chi connectivity index (χ1) is 16.5. The SMILES string of the molecule is C[C@H](CO)n1nnnc1-c1cccc(NC(=O)c2cc3c(cn2)CCN(C(=O)N2CCC2)C3)n1. The lowest BCUT2D eigenvalue weighted by Crippen LogP contribution is -2.50. The van der Waals surface area contributed by atoms with Crippen molar-refractivity contribution in [3.8, 4) is 11.5 Å². The highest BCUT2D eigenvalue weighted by molar-refractivity contribution is 6.02. The maximum atomic E-state index is 12.9. The maximum Gasteiger partial charge on any atom is 0.320 e. The molecule has 0 saturated carbocycles. The van der Waals surface area contributed by atoms with Gasteiger partial charge in [-0.25, -0.2) is 14.5 Å². The molecule has 34 heavy (non-hydrogen) atoms. The Morgan fingerprint density at radius 2 is 2.03 bits per heavy atom. The van der Waals surface area contributed by atoms with Crippen LogP contribution in [-0.4, -0.2) is 83.3 Å². The van der Waals surface area contributed by atoms with Crippen molar-refractivity contribution in [3.05, 3.63) is 47.3 Å². The molecule has 3 amide bonds. The molecule has 0 radical (unpaired) electrons. The number of carbonyl (C=O) groups is 2. The molecular weight excluding hydrogens is 438 g/mol. The summed E-state index contributed by atoms with van der Waals surface area (Å²) in [6, 6.07) is 6.60. The molecule has 1 fully saturated rings. The van der Waals surface area contributed by atoms with Gasteiger partial charge in [-0.3, -0.25) is 9.78 Å². The van der Waals surface area contributed by atoms with Crippen molar-refractivity contribution in [3.63, 3.8) is 0 Å². The van der Waals surface area contributed by atoms with Gasteiger partial charge in [-0.2, -0.15) is 0 Å². The number of anilines is 1. The van der Waals surface area contributed by atoms with Crippen LogP contribution < -0.4 is 5.32 Å². The zero-order chi connectivity index (χ0) is 23.7. The molecule has 1 atom stereocenters. The summed E-state index contributed by atoms with van der Waals surface area (Å²) in [6.07, 6.45) is 3.48. The van der Waals surface area contributed by atoms with E-state index in [1.165, 1.54) is 4.68 Å². The third-order valence-electron chi connectivity index (χ3n) is 6.12. The Kier molecular flexibility index (Phi) is 5.88. The predicted molar refractivity (Wildman–Crippen MR) is 121 cm³/mol. The molecule has 176 valence electrons. The van der Waals surface area contributed by atoms with Gasteiger partial charge in [0.25, 0.3) is 5.91 Å². The van der Waals surface area contributed by atoms with Gasteiger partial charge in [0.05, 0.1) is 12.6 Å². The fourth-order valence-electron chi connectivity index (χ4n) is 3.98. The number of pyridine rings is 2. The number of amides is 3. The number of likely N-dealkylation sites (tertiary alicyclic amines) is 1. The van der Waals surface area contributed by atoms with E-state index < -0.39 is 5.91 Å². The van der Waals surface area contributed by atoms with Crippen molar-refractivity contribution in [1.82, 2.24) is 40.0 Å². The summed E-state index contributed by atoms with van der Waals surface area (Å²) in [5.41, 5.74) is 2.69. The van der Waals surface area contributed by atoms with Crippen LogP contribution in [0.5, 0.6) is 0 Å². The monoisotopic (exact) mass is 463 g/mol. The van der Waals surface area contributed by atoms with Crippen molar-refractivity contribution < 1.29 is 14.7 Å². The zero-order valence-corrected chi connectivity index (χ0v) is 18.8. The average molecular weight is 464 g/mol. The lowest BCUT2D eigenvalue weighted by Gasteiger charge is -2.38. The van der Waals surface area contributed by atoms with Gasteiger partial charge in [0, 0.05) is 32.4 Å². The van der Waals surface area contributed by atoms with Crippen molar-refractivity contribution in [2.75, 3.05) is 31.6 Å². The average Bonchev–Trinajstić information content (AvgIpc) is 3.32. The number of aliphatic hydroxyl groups excluding tert-OH is 1. The summed E-state index contributed by atoms with van der Waals surface area (Å²) in [5.74, 6) is 0.307. The van der Waals surface area contributed by atoms with Gasteiger partial charge >= 0.3 is 6.03 Å². The summed E-state index contributed by atoms with van der Waals surface area (Å²) in [6.45, 7) is 4.39. The Morgan fingerprint density at radius 1 is 1.18 bits per heavy atom. The predicted octanol–water partition coefficient (Wildman–Crippen LogP) is 1.12. The van der Waals surface area contributed by atoms with E-state index in [2.05, 4.69) is 30.8 Å². The van der Waals surface area contributed by atoms with E-state index in [0.29, 0.717) is 36.8 Å². The summed E-state index contributed by atoms with van der Waals surface area (Å²) >= 11 is 0. The van der Waals surface area contributed by atoms with Crippen molar-refractivity contribution >= 4 is 17.8 Å². The van der Waals surface area contributed by atoms with E-state index in [-0.39, 0.29) is 24.4 Å². The molecule has 5 heterocycles. The van der Waals surface area contributed by atoms with Crippen LogP contribution in [0.3, 0.4) is 0 Å². The molecule has 2 N–H and O–H groups in total. The number of rotatable bonds is 5. The van der Waals surface area contributed by atoms with Crippen LogP contribution in [0.15, 0.2) is 30.5 Å². The first kappa shape index (κ1) is 21.9. The quantitative estimate of drug-likeness (QED) is 0.573. The van der Waals surface area contributed by atoms with Gasteiger partial charge in [0.2, 0.25) is 5.82 Å². The minimum Gasteiger partial charge on any atom is -0.394 e. The highest BCUT2D eigenvalue weighted by Crippen LogP contribution is 2.23. The van der Waals surface area contributed by atoms with Crippen LogP contribution in [-0.2, 0) is 13.0 Å². The normalized spacial score (nSPS) is 15.9. The lowest BCUT2D eigenvalue weighted by atomic mass is 10.0. The Labute approximate surface area is 195 Å². The molecule has 3 aromatic rings. The largest absolute Gasteiger partial charge is 0.394 e. The Hall–Kier alpha value is -3.93. The number of urea groups is 1. The molecule has 1 saturated heterocycles. The molecular formula is C22H25N9O3. The van der Waals surface area contributed by atoms with Crippen LogP contribution in [0, 0.1) is 0 Å². The fraction of sp³-hybridized carbons (Fsp3) is 0.409. The van der Waals surface area contributed by atoms with Crippen LogP contribution >= 0.6 is 0 Å². The number of nitrogens with one attached hydrogen (secondary N) is 1. The second kappa shape index (κ2) is 9.14. The van der Waals surface area contributed by atoms with E-state index in [0.717, 1.165) is 30.6 Å². The van der Waals surface area contributed by atoms with Crippen LogP contribution in [0.25, 0.3) is 11.5 Å². The summed E-state index contributed by atoms with van der Waals surface area (Å²) < 4.78 is 1.48. The van der Waals surface area contributed by atoms with E-state index in [1.807, 2.05) is 9.80 Å². The molecule has 0 aromatic carbocycles. The zero-order valence-electron chi connectivity index (χ0n) is 18.8. The van der Waals surface area contributed by atoms with Gasteiger partial charge in [0.15, 0.2) is 0 Å². The highest BCUT2D eigenvalue weighted by Gasteiger charge is 2.28. The highest BCUT2D eigenvalue weighted by atomic mass is 16.3. The molecule has 2 aliphatic rings. The number of hydrogen-bond acceptors (Lipinski definition) is 8. The number of nitrogens with zero attached hydrogens (tertiary/aromatic N) is 8. The molecule has 12 nitrogen and oxygen atoms in total. The standard InChI is InChI=1S/C22H25N9O3/c1-14(13-32)31-20(26-27-28-31)17-4-2-5-19(24-17)25-21(33)18-10-16-12-30(9-6-15(16)11-23-18)22(34)29-7-3-8-29/h2,4-5,10-11,14,32H,3,6-9,12-13H2,1H3,(H,24,25,33)/t14-/m1/s1. The Bertz CT molecular complexity index is 1220. The van der Waals surface area contributed by atoms with Gasteiger partial charge in [-0.15, -0.1) is 5.10 Å². The van der Waals surface area contributed by atoms with Crippen LogP contribution in [0.2, 0.25) is 0 Å². The second-order valence-corrected chi connectivity index (χ2v) is 8.47. The van der Waals surface area contributed by atoms with Gasteiger partial charge in [-0.05, 0) is 59.5 Å². The molecule has 0 aliphatic carbocycles. The molecule has 12 heteroatoms. The lowest BCUT2D eigenvalue weighted by molar-refractivity contribution is 0.102.